The maximum Gasteiger partial charge on any atom is 0.346 e. The van der Waals surface area contributed by atoms with Gasteiger partial charge in [-0.2, -0.15) is 0 Å². The minimum atomic E-state index is -0.947. The molecule has 0 saturated heterocycles. The molecule has 0 amide bonds. The summed E-state index contributed by atoms with van der Waals surface area (Å²) in [5, 5.41) is 0. The zero-order chi connectivity index (χ0) is 33.5. The van der Waals surface area contributed by atoms with E-state index >= 15 is 4.39 Å². The van der Waals surface area contributed by atoms with Crippen LogP contribution in [0.15, 0.2) is 121 Å². The minimum Gasteiger partial charge on any atom is -0.423 e. The normalized spacial score (nSPS) is 10.3. The molecule has 4 aromatic carbocycles. The first-order chi connectivity index (χ1) is 21.8. The first kappa shape index (κ1) is 32.8. The summed E-state index contributed by atoms with van der Waals surface area (Å²) in [6.45, 7) is 15.3. The Hall–Kier alpha value is -6.09. The monoisotopic (exact) mass is 620 g/mol. The Morgan fingerprint density at radius 2 is 0.957 bits per heavy atom. The van der Waals surface area contributed by atoms with Gasteiger partial charge in [-0.3, -0.25) is 0 Å². The number of esters is 4. The van der Waals surface area contributed by atoms with E-state index in [1.807, 2.05) is 0 Å². The lowest BCUT2D eigenvalue weighted by molar-refractivity contribution is -0.130. The second-order valence-electron chi connectivity index (χ2n) is 10.3. The van der Waals surface area contributed by atoms with Crippen molar-refractivity contribution in [1.29, 1.82) is 0 Å². The fourth-order valence-electron chi connectivity index (χ4n) is 3.90. The van der Waals surface area contributed by atoms with Gasteiger partial charge in [0.25, 0.3) is 0 Å². The Bertz CT molecular complexity index is 1890. The maximum absolute atomic E-state index is 15.3. The number of halogens is 1. The number of ether oxygens (including phenoxy) is 4. The molecular formula is C37H29FO8. The lowest BCUT2D eigenvalue weighted by Crippen LogP contribution is -2.11. The van der Waals surface area contributed by atoms with Gasteiger partial charge in [-0.15, -0.1) is 0 Å². The summed E-state index contributed by atoms with van der Waals surface area (Å²) >= 11 is 0. The number of hydrogen-bond acceptors (Lipinski definition) is 8. The van der Waals surface area contributed by atoms with Gasteiger partial charge in [0.1, 0.15) is 28.8 Å². The van der Waals surface area contributed by atoms with Crippen LogP contribution in [0.2, 0.25) is 0 Å². The number of carbonyl (C=O) groups is 4. The topological polar surface area (TPSA) is 105 Å². The molecule has 0 spiro atoms. The molecule has 0 atom stereocenters. The molecule has 0 radical (unpaired) electrons. The fraction of sp³-hybridized carbons (Fsp3) is 0.0811. The molecule has 0 heterocycles. The first-order valence-corrected chi connectivity index (χ1v) is 13.8. The van der Waals surface area contributed by atoms with Crippen molar-refractivity contribution in [3.8, 4) is 45.3 Å². The van der Waals surface area contributed by atoms with Gasteiger partial charge < -0.3 is 18.9 Å². The lowest BCUT2D eigenvalue weighted by Gasteiger charge is -2.14. The summed E-state index contributed by atoms with van der Waals surface area (Å²) in [5.74, 6) is -2.85. The average molecular weight is 621 g/mol. The maximum atomic E-state index is 15.3. The number of benzene rings is 4. The van der Waals surface area contributed by atoms with E-state index in [2.05, 4.69) is 19.7 Å². The van der Waals surface area contributed by atoms with Crippen molar-refractivity contribution >= 4 is 23.9 Å². The largest absolute Gasteiger partial charge is 0.423 e. The second kappa shape index (κ2) is 14.1. The highest BCUT2D eigenvalue weighted by molar-refractivity contribution is 5.93. The molecule has 8 nitrogen and oxygen atoms in total. The zero-order valence-corrected chi connectivity index (χ0v) is 25.3. The van der Waals surface area contributed by atoms with E-state index in [1.54, 1.807) is 49.4 Å². The Morgan fingerprint density at radius 1 is 0.522 bits per heavy atom. The van der Waals surface area contributed by atoms with E-state index in [-0.39, 0.29) is 39.5 Å². The predicted octanol–water partition coefficient (Wildman–Crippen LogP) is 7.82. The standard InChI is InChI=1S/C37H29FO8/c1-21(2)34(39)43-27-11-7-24(8-12-27)25-9-17-30(33(20-25)46-36(41)23(5)6)26-10-18-31(32(38)19-26)37(42)45-29-15-13-28(14-16-29)44-35(40)22(3)4/h7-20H,1,3,5H2,2,4,6H3. The molecule has 4 rings (SSSR count). The van der Waals surface area contributed by atoms with Crippen LogP contribution in [0.3, 0.4) is 0 Å². The van der Waals surface area contributed by atoms with Gasteiger partial charge >= 0.3 is 23.9 Å². The number of carbonyl (C=O) groups excluding carboxylic acids is 4. The third-order valence-electron chi connectivity index (χ3n) is 6.37. The van der Waals surface area contributed by atoms with E-state index in [0.29, 0.717) is 22.4 Å². The highest BCUT2D eigenvalue weighted by Crippen LogP contribution is 2.36. The average Bonchev–Trinajstić information content (AvgIpc) is 3.02. The van der Waals surface area contributed by atoms with Crippen molar-refractivity contribution in [2.75, 3.05) is 0 Å². The van der Waals surface area contributed by atoms with Gasteiger partial charge in [0.05, 0.1) is 5.56 Å². The molecule has 0 saturated carbocycles. The van der Waals surface area contributed by atoms with Gasteiger partial charge in [0.2, 0.25) is 0 Å². The van der Waals surface area contributed by atoms with Crippen LogP contribution in [-0.2, 0) is 14.4 Å². The summed E-state index contributed by atoms with van der Waals surface area (Å²) in [5.41, 5.74) is 2.41. The van der Waals surface area contributed by atoms with Crippen molar-refractivity contribution in [2.24, 2.45) is 0 Å². The summed E-state index contributed by atoms with van der Waals surface area (Å²) in [6, 6.07) is 21.2. The molecule has 0 unspecified atom stereocenters. The summed E-state index contributed by atoms with van der Waals surface area (Å²) < 4.78 is 36.5. The van der Waals surface area contributed by atoms with E-state index in [1.165, 1.54) is 50.2 Å². The Balaban J connectivity index is 1.58. The summed E-state index contributed by atoms with van der Waals surface area (Å²) in [6.07, 6.45) is 0. The molecule has 0 fully saturated rings. The van der Waals surface area contributed by atoms with Gasteiger partial charge in [-0.05, 0) is 92.1 Å². The van der Waals surface area contributed by atoms with Crippen LogP contribution < -0.4 is 18.9 Å². The molecule has 0 aliphatic carbocycles. The Labute approximate surface area is 265 Å². The molecule has 0 bridgehead atoms. The van der Waals surface area contributed by atoms with Crippen LogP contribution in [0.25, 0.3) is 22.3 Å². The van der Waals surface area contributed by atoms with Crippen molar-refractivity contribution < 1.29 is 42.5 Å². The van der Waals surface area contributed by atoms with Crippen LogP contribution in [0.1, 0.15) is 31.1 Å². The van der Waals surface area contributed by atoms with Crippen LogP contribution >= 0.6 is 0 Å². The second-order valence-corrected chi connectivity index (χ2v) is 10.3. The Kier molecular flexibility index (Phi) is 10.1. The third kappa shape index (κ3) is 8.09. The highest BCUT2D eigenvalue weighted by Gasteiger charge is 2.19. The van der Waals surface area contributed by atoms with Gasteiger partial charge in [0, 0.05) is 22.3 Å². The van der Waals surface area contributed by atoms with Crippen LogP contribution in [0.5, 0.6) is 23.0 Å². The summed E-state index contributed by atoms with van der Waals surface area (Å²) in [7, 11) is 0. The van der Waals surface area contributed by atoms with E-state index in [9.17, 15) is 19.2 Å². The SMILES string of the molecule is C=C(C)C(=O)Oc1ccc(OC(=O)c2ccc(-c3ccc(-c4ccc(OC(=O)C(=C)C)cc4)cc3OC(=O)C(=C)C)cc2F)cc1. The molecule has 232 valence electrons. The van der Waals surface area contributed by atoms with Crippen molar-refractivity contribution in [2.45, 2.75) is 20.8 Å². The molecular weight excluding hydrogens is 591 g/mol. The van der Waals surface area contributed by atoms with E-state index < -0.39 is 29.7 Å². The minimum absolute atomic E-state index is 0.107. The van der Waals surface area contributed by atoms with Crippen LogP contribution in [-0.4, -0.2) is 23.9 Å². The molecule has 0 aliphatic rings. The van der Waals surface area contributed by atoms with Crippen LogP contribution in [0.4, 0.5) is 4.39 Å². The Morgan fingerprint density at radius 3 is 1.46 bits per heavy atom. The van der Waals surface area contributed by atoms with Crippen molar-refractivity contribution in [3.05, 3.63) is 133 Å². The summed E-state index contributed by atoms with van der Waals surface area (Å²) in [4.78, 5) is 48.8. The quantitative estimate of drug-likeness (QED) is 0.100. The number of hydrogen-bond donors (Lipinski definition) is 0. The third-order valence-corrected chi connectivity index (χ3v) is 6.37. The van der Waals surface area contributed by atoms with Gasteiger partial charge in [-0.1, -0.05) is 50.1 Å². The first-order valence-electron chi connectivity index (χ1n) is 13.8. The van der Waals surface area contributed by atoms with Gasteiger partial charge in [0.15, 0.2) is 0 Å². The zero-order valence-electron chi connectivity index (χ0n) is 25.3. The lowest BCUT2D eigenvalue weighted by atomic mass is 9.98. The molecule has 4 aromatic rings. The van der Waals surface area contributed by atoms with Gasteiger partial charge in [-0.25, -0.2) is 23.6 Å². The highest BCUT2D eigenvalue weighted by atomic mass is 19.1. The molecule has 0 aliphatic heterocycles. The smallest absolute Gasteiger partial charge is 0.346 e. The molecule has 46 heavy (non-hydrogen) atoms. The number of rotatable bonds is 10. The fourth-order valence-corrected chi connectivity index (χ4v) is 3.90. The predicted molar refractivity (Wildman–Crippen MR) is 170 cm³/mol. The molecule has 0 N–H and O–H groups in total. The van der Waals surface area contributed by atoms with E-state index in [0.717, 1.165) is 11.6 Å². The molecule has 0 aromatic heterocycles. The van der Waals surface area contributed by atoms with E-state index in [4.69, 9.17) is 18.9 Å². The molecule has 9 heteroatoms. The van der Waals surface area contributed by atoms with Crippen LogP contribution in [0, 0.1) is 5.82 Å². The van der Waals surface area contributed by atoms with Crippen molar-refractivity contribution in [1.82, 2.24) is 0 Å². The van der Waals surface area contributed by atoms with Crippen molar-refractivity contribution in [3.63, 3.8) is 0 Å².